The first-order valence-corrected chi connectivity index (χ1v) is 4.31. The largest absolute Gasteiger partial charge is 0.481 e. The molecule has 13 heavy (non-hydrogen) atoms. The minimum absolute atomic E-state index is 0.219. The fourth-order valence-electron chi connectivity index (χ4n) is 1.17. The van der Waals surface area contributed by atoms with E-state index in [2.05, 4.69) is 4.98 Å². The Labute approximate surface area is 77.2 Å². The average Bonchev–Trinajstić information content (AvgIpc) is 2.35. The van der Waals surface area contributed by atoms with Crippen molar-refractivity contribution in [2.75, 3.05) is 0 Å². The lowest BCUT2D eigenvalue weighted by molar-refractivity contribution is -0.137. The molecule has 1 rings (SSSR count). The zero-order valence-corrected chi connectivity index (χ0v) is 7.95. The molecule has 0 fully saturated rings. The van der Waals surface area contributed by atoms with Gasteiger partial charge in [0.2, 0.25) is 0 Å². The van der Waals surface area contributed by atoms with Gasteiger partial charge in [-0.15, -0.1) is 0 Å². The topological polar surface area (TPSA) is 55.1 Å². The van der Waals surface area contributed by atoms with Gasteiger partial charge in [-0.25, -0.2) is 4.98 Å². The summed E-state index contributed by atoms with van der Waals surface area (Å²) < 4.78 is 1.98. The quantitative estimate of drug-likeness (QED) is 0.765. The van der Waals surface area contributed by atoms with Crippen LogP contribution in [0.5, 0.6) is 0 Å². The van der Waals surface area contributed by atoms with Crippen LogP contribution >= 0.6 is 0 Å². The smallest absolute Gasteiger partial charge is 0.303 e. The molecule has 0 saturated carbocycles. The lowest BCUT2D eigenvalue weighted by atomic mass is 10.3. The third-order valence-corrected chi connectivity index (χ3v) is 2.13. The second kappa shape index (κ2) is 4.07. The molecule has 0 radical (unpaired) electrons. The molecule has 1 N–H and O–H groups in total. The molecule has 1 aromatic rings. The molecule has 4 heteroatoms. The number of aliphatic carboxylic acids is 1. The molecule has 0 aliphatic heterocycles. The average molecular weight is 182 g/mol. The molecule has 72 valence electrons. The van der Waals surface area contributed by atoms with E-state index in [-0.39, 0.29) is 6.42 Å². The van der Waals surface area contributed by atoms with Crippen LogP contribution < -0.4 is 0 Å². The lowest BCUT2D eigenvalue weighted by Crippen LogP contribution is -2.02. The Kier molecular flexibility index (Phi) is 3.06. The zero-order chi connectivity index (χ0) is 9.84. The summed E-state index contributed by atoms with van der Waals surface area (Å²) in [6, 6.07) is 0. The van der Waals surface area contributed by atoms with Gasteiger partial charge in [-0.1, -0.05) is 0 Å². The molecule has 0 saturated heterocycles. The van der Waals surface area contributed by atoms with E-state index in [0.717, 1.165) is 17.9 Å². The van der Waals surface area contributed by atoms with Gasteiger partial charge in [-0.05, 0) is 20.3 Å². The van der Waals surface area contributed by atoms with E-state index in [1.807, 2.05) is 18.4 Å². The summed E-state index contributed by atoms with van der Waals surface area (Å²) in [4.78, 5) is 14.4. The van der Waals surface area contributed by atoms with Gasteiger partial charge in [0.05, 0.1) is 12.0 Å². The molecule has 0 spiro atoms. The normalized spacial score (nSPS) is 10.3. The lowest BCUT2D eigenvalue weighted by Gasteiger charge is -2.02. The van der Waals surface area contributed by atoms with E-state index in [4.69, 9.17) is 5.11 Å². The zero-order valence-electron chi connectivity index (χ0n) is 7.95. The highest BCUT2D eigenvalue weighted by Crippen LogP contribution is 2.05. The molecule has 0 aliphatic carbocycles. The number of nitrogens with zero attached hydrogens (tertiary/aromatic N) is 2. The number of aromatic nitrogens is 2. The summed E-state index contributed by atoms with van der Waals surface area (Å²) in [5.41, 5.74) is 2.13. The Bertz CT molecular complexity index is 305. The summed E-state index contributed by atoms with van der Waals surface area (Å²) in [6.07, 6.45) is 2.63. The highest BCUT2D eigenvalue weighted by atomic mass is 16.4. The van der Waals surface area contributed by atoms with Gasteiger partial charge < -0.3 is 9.67 Å². The van der Waals surface area contributed by atoms with Gasteiger partial charge in [0, 0.05) is 18.7 Å². The van der Waals surface area contributed by atoms with Crippen molar-refractivity contribution in [2.45, 2.75) is 33.2 Å². The van der Waals surface area contributed by atoms with Crippen LogP contribution in [-0.2, 0) is 11.3 Å². The predicted molar refractivity (Wildman–Crippen MR) is 48.6 cm³/mol. The molecule has 4 nitrogen and oxygen atoms in total. The van der Waals surface area contributed by atoms with Crippen LogP contribution in [0.3, 0.4) is 0 Å². The molecule has 0 aliphatic rings. The molecular formula is C9H14N2O2. The van der Waals surface area contributed by atoms with E-state index in [9.17, 15) is 4.79 Å². The third-order valence-electron chi connectivity index (χ3n) is 2.13. The number of hydrogen-bond acceptors (Lipinski definition) is 2. The van der Waals surface area contributed by atoms with Crippen molar-refractivity contribution in [3.05, 3.63) is 17.7 Å². The number of hydrogen-bond donors (Lipinski definition) is 1. The third kappa shape index (κ3) is 2.57. The van der Waals surface area contributed by atoms with Crippen molar-refractivity contribution < 1.29 is 9.90 Å². The molecule has 0 amide bonds. The van der Waals surface area contributed by atoms with E-state index < -0.39 is 5.97 Å². The van der Waals surface area contributed by atoms with Gasteiger partial charge in [0.1, 0.15) is 0 Å². The van der Waals surface area contributed by atoms with Gasteiger partial charge in [-0.3, -0.25) is 4.79 Å². The van der Waals surface area contributed by atoms with Crippen molar-refractivity contribution in [1.82, 2.24) is 9.55 Å². The second-order valence-electron chi connectivity index (χ2n) is 3.11. The first-order valence-electron chi connectivity index (χ1n) is 4.31. The minimum atomic E-state index is -0.741. The standard InChI is InChI=1S/C9H14N2O2/c1-7-8(2)11(6-10-7)5-3-4-9(12)13/h6H,3-5H2,1-2H3,(H,12,13). The first kappa shape index (κ1) is 9.77. The van der Waals surface area contributed by atoms with Gasteiger partial charge in [-0.2, -0.15) is 0 Å². The van der Waals surface area contributed by atoms with E-state index >= 15 is 0 Å². The van der Waals surface area contributed by atoms with E-state index in [1.54, 1.807) is 6.33 Å². The molecule has 0 bridgehead atoms. The first-order chi connectivity index (χ1) is 6.11. The van der Waals surface area contributed by atoms with Crippen molar-refractivity contribution in [3.8, 4) is 0 Å². The van der Waals surface area contributed by atoms with Crippen LogP contribution in [0.25, 0.3) is 0 Å². The number of carboxylic acid groups (broad SMARTS) is 1. The van der Waals surface area contributed by atoms with Crippen LogP contribution in [0, 0.1) is 13.8 Å². The summed E-state index contributed by atoms with van der Waals surface area (Å²) >= 11 is 0. The van der Waals surface area contributed by atoms with Crippen molar-refractivity contribution in [2.24, 2.45) is 0 Å². The van der Waals surface area contributed by atoms with E-state index in [1.165, 1.54) is 0 Å². The number of carbonyl (C=O) groups is 1. The molecular weight excluding hydrogens is 168 g/mol. The van der Waals surface area contributed by atoms with Gasteiger partial charge in [0.15, 0.2) is 0 Å². The Morgan fingerprint density at radius 3 is 2.77 bits per heavy atom. The fraction of sp³-hybridized carbons (Fsp3) is 0.556. The summed E-state index contributed by atoms with van der Waals surface area (Å²) in [5.74, 6) is -0.741. The van der Waals surface area contributed by atoms with Gasteiger partial charge in [0.25, 0.3) is 0 Å². The minimum Gasteiger partial charge on any atom is -0.481 e. The van der Waals surface area contributed by atoms with Crippen molar-refractivity contribution in [3.63, 3.8) is 0 Å². The van der Waals surface area contributed by atoms with Crippen LogP contribution in [0.1, 0.15) is 24.2 Å². The van der Waals surface area contributed by atoms with Crippen LogP contribution in [0.4, 0.5) is 0 Å². The molecule has 0 atom stereocenters. The van der Waals surface area contributed by atoms with Crippen LogP contribution in [0.15, 0.2) is 6.33 Å². The van der Waals surface area contributed by atoms with Gasteiger partial charge >= 0.3 is 5.97 Å². The summed E-state index contributed by atoms with van der Waals surface area (Å²) in [7, 11) is 0. The maximum Gasteiger partial charge on any atom is 0.303 e. The second-order valence-corrected chi connectivity index (χ2v) is 3.11. The van der Waals surface area contributed by atoms with Crippen molar-refractivity contribution >= 4 is 5.97 Å². The molecule has 1 aromatic heterocycles. The molecule has 1 heterocycles. The Hall–Kier alpha value is -1.32. The maximum atomic E-state index is 10.3. The Morgan fingerprint density at radius 1 is 1.62 bits per heavy atom. The number of carboxylic acids is 1. The van der Waals surface area contributed by atoms with Crippen molar-refractivity contribution in [1.29, 1.82) is 0 Å². The monoisotopic (exact) mass is 182 g/mol. The van der Waals surface area contributed by atoms with Crippen LogP contribution in [0.2, 0.25) is 0 Å². The van der Waals surface area contributed by atoms with Crippen LogP contribution in [-0.4, -0.2) is 20.6 Å². The highest BCUT2D eigenvalue weighted by Gasteiger charge is 2.02. The number of imidazole rings is 1. The Morgan fingerprint density at radius 2 is 2.31 bits per heavy atom. The maximum absolute atomic E-state index is 10.3. The Balaban J connectivity index is 2.45. The number of rotatable bonds is 4. The predicted octanol–water partition coefficient (Wildman–Crippen LogP) is 1.36. The summed E-state index contributed by atoms with van der Waals surface area (Å²) in [5, 5.41) is 8.44. The highest BCUT2D eigenvalue weighted by molar-refractivity contribution is 5.66. The molecule has 0 unspecified atom stereocenters. The summed E-state index contributed by atoms with van der Waals surface area (Å²) in [6.45, 7) is 4.67. The molecule has 0 aromatic carbocycles. The number of aryl methyl sites for hydroxylation is 2. The van der Waals surface area contributed by atoms with E-state index in [0.29, 0.717) is 6.42 Å². The fourth-order valence-corrected chi connectivity index (χ4v) is 1.17. The SMILES string of the molecule is Cc1ncn(CCCC(=O)O)c1C.